The highest BCUT2D eigenvalue weighted by atomic mass is 16.5. The number of likely N-dealkylation sites (tertiary alicyclic amines) is 1. The molecule has 1 saturated heterocycles. The summed E-state index contributed by atoms with van der Waals surface area (Å²) in [6.07, 6.45) is 1.73. The summed E-state index contributed by atoms with van der Waals surface area (Å²) < 4.78 is 21.1. The lowest BCUT2D eigenvalue weighted by molar-refractivity contribution is -0.120. The second-order valence-electron chi connectivity index (χ2n) is 8.67. The molecule has 2 aromatic rings. The molecule has 0 aromatic carbocycles. The van der Waals surface area contributed by atoms with Gasteiger partial charge in [0, 0.05) is 25.8 Å². The monoisotopic (exact) mass is 432 g/mol. The van der Waals surface area contributed by atoms with Gasteiger partial charge in [0.1, 0.15) is 5.69 Å². The van der Waals surface area contributed by atoms with Gasteiger partial charge in [0.05, 0.1) is 50.4 Å². The Morgan fingerprint density at radius 1 is 1.29 bits per heavy atom. The van der Waals surface area contributed by atoms with Gasteiger partial charge in [0.15, 0.2) is 5.69 Å². The van der Waals surface area contributed by atoms with Crippen LogP contribution in [-0.4, -0.2) is 73.6 Å². The predicted octanol–water partition coefficient (Wildman–Crippen LogP) is 1.47. The van der Waals surface area contributed by atoms with Crippen molar-refractivity contribution in [3.05, 3.63) is 28.8 Å². The normalized spacial score (nSPS) is 18.0. The van der Waals surface area contributed by atoms with E-state index in [9.17, 15) is 4.79 Å². The van der Waals surface area contributed by atoms with Crippen LogP contribution < -0.4 is 0 Å². The Morgan fingerprint density at radius 2 is 2.06 bits per heavy atom. The Morgan fingerprint density at radius 3 is 2.74 bits per heavy atom. The molecule has 4 heterocycles. The third-order valence-electron chi connectivity index (χ3n) is 6.08. The van der Waals surface area contributed by atoms with Crippen LogP contribution >= 0.6 is 0 Å². The molecule has 31 heavy (non-hydrogen) atoms. The van der Waals surface area contributed by atoms with Gasteiger partial charge in [0.2, 0.25) is 0 Å². The number of fused-ring (bicyclic) bond motifs is 1. The first-order chi connectivity index (χ1) is 14.9. The SMILES string of the molecule is Cc1cc(C(=O)N2CCC3(CC2)Cn2nnc(COCCOC(C)C)c2CO3)nn1C. The number of rotatable bonds is 7. The maximum absolute atomic E-state index is 12.8. The van der Waals surface area contributed by atoms with E-state index in [1.807, 2.05) is 43.5 Å². The van der Waals surface area contributed by atoms with E-state index in [0.29, 0.717) is 51.8 Å². The molecule has 0 unspecified atom stereocenters. The van der Waals surface area contributed by atoms with Crippen LogP contribution in [0.3, 0.4) is 0 Å². The van der Waals surface area contributed by atoms with E-state index in [1.54, 1.807) is 4.68 Å². The van der Waals surface area contributed by atoms with Crippen molar-refractivity contribution in [2.75, 3.05) is 26.3 Å². The number of hydrogen-bond donors (Lipinski definition) is 0. The van der Waals surface area contributed by atoms with Crippen LogP contribution in [-0.2, 0) is 41.0 Å². The van der Waals surface area contributed by atoms with Crippen molar-refractivity contribution in [2.24, 2.45) is 7.05 Å². The molecule has 0 aliphatic carbocycles. The molecule has 10 heteroatoms. The molecular weight excluding hydrogens is 400 g/mol. The fraction of sp³-hybridized carbons (Fsp3) is 0.714. The minimum Gasteiger partial charge on any atom is -0.376 e. The Labute approximate surface area is 182 Å². The molecule has 2 aromatic heterocycles. The molecule has 0 bridgehead atoms. The standard InChI is InChI=1S/C21H32N6O4/c1-15(2)30-10-9-29-12-18-19-13-31-21(14-27(19)24-22-18)5-7-26(8-6-21)20(28)17-11-16(3)25(4)23-17/h11,15H,5-10,12-14H2,1-4H3. The number of amides is 1. The molecule has 1 fully saturated rings. The smallest absolute Gasteiger partial charge is 0.274 e. The molecule has 170 valence electrons. The first kappa shape index (κ1) is 21.9. The molecule has 4 rings (SSSR count). The molecule has 0 saturated carbocycles. The molecule has 1 amide bonds. The van der Waals surface area contributed by atoms with Gasteiger partial charge in [0.25, 0.3) is 5.91 Å². The van der Waals surface area contributed by atoms with Crippen LogP contribution in [0.15, 0.2) is 6.07 Å². The van der Waals surface area contributed by atoms with E-state index in [2.05, 4.69) is 15.4 Å². The van der Waals surface area contributed by atoms with Crippen LogP contribution in [0, 0.1) is 6.92 Å². The third kappa shape index (κ3) is 4.81. The number of hydrogen-bond acceptors (Lipinski definition) is 7. The summed E-state index contributed by atoms with van der Waals surface area (Å²) in [4.78, 5) is 14.6. The third-order valence-corrected chi connectivity index (χ3v) is 6.08. The van der Waals surface area contributed by atoms with E-state index in [-0.39, 0.29) is 17.6 Å². The van der Waals surface area contributed by atoms with Gasteiger partial charge in [-0.3, -0.25) is 9.48 Å². The quantitative estimate of drug-likeness (QED) is 0.611. The van der Waals surface area contributed by atoms with E-state index in [0.717, 1.165) is 29.9 Å². The molecule has 1 spiro atoms. The summed E-state index contributed by atoms with van der Waals surface area (Å²) in [5.41, 5.74) is 2.96. The first-order valence-electron chi connectivity index (χ1n) is 10.9. The fourth-order valence-corrected chi connectivity index (χ4v) is 4.06. The van der Waals surface area contributed by atoms with Crippen molar-refractivity contribution in [3.8, 4) is 0 Å². The minimum absolute atomic E-state index is 0.0170. The van der Waals surface area contributed by atoms with E-state index in [1.165, 1.54) is 0 Å². The summed E-state index contributed by atoms with van der Waals surface area (Å²) in [6, 6.07) is 1.84. The van der Waals surface area contributed by atoms with E-state index >= 15 is 0 Å². The topological polar surface area (TPSA) is 96.5 Å². The largest absolute Gasteiger partial charge is 0.376 e. The Balaban J connectivity index is 1.30. The molecule has 0 N–H and O–H groups in total. The summed E-state index contributed by atoms with van der Waals surface area (Å²) >= 11 is 0. The molecule has 2 aliphatic rings. The molecule has 2 aliphatic heterocycles. The van der Waals surface area contributed by atoms with Crippen molar-refractivity contribution in [1.82, 2.24) is 29.7 Å². The molecular formula is C21H32N6O4. The number of nitrogens with zero attached hydrogens (tertiary/aromatic N) is 6. The van der Waals surface area contributed by atoms with Gasteiger partial charge in [-0.05, 0) is 39.7 Å². The molecule has 0 radical (unpaired) electrons. The van der Waals surface area contributed by atoms with Gasteiger partial charge < -0.3 is 19.1 Å². The zero-order valence-electron chi connectivity index (χ0n) is 18.8. The highest BCUT2D eigenvalue weighted by Gasteiger charge is 2.41. The van der Waals surface area contributed by atoms with Crippen LogP contribution in [0.5, 0.6) is 0 Å². The second kappa shape index (κ2) is 9.05. The van der Waals surface area contributed by atoms with Crippen molar-refractivity contribution in [2.45, 2.75) is 65.1 Å². The number of carbonyl (C=O) groups excluding carboxylic acids is 1. The van der Waals surface area contributed by atoms with Gasteiger partial charge in [-0.25, -0.2) is 4.68 Å². The van der Waals surface area contributed by atoms with Crippen LogP contribution in [0.4, 0.5) is 0 Å². The molecule has 10 nitrogen and oxygen atoms in total. The molecule has 0 atom stereocenters. The van der Waals surface area contributed by atoms with Crippen molar-refractivity contribution in [1.29, 1.82) is 0 Å². The lowest BCUT2D eigenvalue weighted by atomic mass is 9.89. The zero-order chi connectivity index (χ0) is 22.0. The summed E-state index contributed by atoms with van der Waals surface area (Å²) in [5.74, 6) is -0.0170. The first-order valence-corrected chi connectivity index (χ1v) is 10.9. The summed E-state index contributed by atoms with van der Waals surface area (Å²) in [5, 5.41) is 12.9. The lowest BCUT2D eigenvalue weighted by Gasteiger charge is -2.43. The fourth-order valence-electron chi connectivity index (χ4n) is 4.06. The van der Waals surface area contributed by atoms with Gasteiger partial charge >= 0.3 is 0 Å². The van der Waals surface area contributed by atoms with E-state index < -0.39 is 0 Å². The zero-order valence-corrected chi connectivity index (χ0v) is 18.8. The lowest BCUT2D eigenvalue weighted by Crippen LogP contribution is -2.52. The average molecular weight is 433 g/mol. The number of aryl methyl sites for hydroxylation is 2. The number of carbonyl (C=O) groups is 1. The van der Waals surface area contributed by atoms with Crippen molar-refractivity contribution >= 4 is 5.91 Å². The van der Waals surface area contributed by atoms with Crippen LogP contribution in [0.1, 0.15) is 54.3 Å². The van der Waals surface area contributed by atoms with Crippen molar-refractivity contribution in [3.63, 3.8) is 0 Å². The predicted molar refractivity (Wildman–Crippen MR) is 111 cm³/mol. The average Bonchev–Trinajstić information content (AvgIpc) is 3.30. The maximum atomic E-state index is 12.8. The van der Waals surface area contributed by atoms with Gasteiger partial charge in [-0.2, -0.15) is 5.10 Å². The number of aromatic nitrogens is 5. The van der Waals surface area contributed by atoms with Gasteiger partial charge in [-0.15, -0.1) is 5.10 Å². The highest BCUT2D eigenvalue weighted by Crippen LogP contribution is 2.34. The van der Waals surface area contributed by atoms with Crippen molar-refractivity contribution < 1.29 is 19.0 Å². The van der Waals surface area contributed by atoms with E-state index in [4.69, 9.17) is 14.2 Å². The minimum atomic E-state index is -0.305. The highest BCUT2D eigenvalue weighted by molar-refractivity contribution is 5.92. The Hall–Kier alpha value is -2.30. The van der Waals surface area contributed by atoms with Crippen LogP contribution in [0.25, 0.3) is 0 Å². The number of piperidine rings is 1. The summed E-state index contributed by atoms with van der Waals surface area (Å²) in [6.45, 7) is 9.83. The van der Waals surface area contributed by atoms with Crippen LogP contribution in [0.2, 0.25) is 0 Å². The Bertz CT molecular complexity index is 894. The summed E-state index contributed by atoms with van der Waals surface area (Å²) in [7, 11) is 1.85. The maximum Gasteiger partial charge on any atom is 0.274 e. The number of ether oxygens (including phenoxy) is 3. The van der Waals surface area contributed by atoms with Gasteiger partial charge in [-0.1, -0.05) is 5.21 Å². The second-order valence-corrected chi connectivity index (χ2v) is 8.67. The Kier molecular flexibility index (Phi) is 6.40.